The quantitative estimate of drug-likeness (QED) is 0.694. The van der Waals surface area contributed by atoms with Crippen molar-refractivity contribution in [3.05, 3.63) is 50.2 Å². The van der Waals surface area contributed by atoms with Crippen molar-refractivity contribution in [2.75, 3.05) is 7.11 Å². The second-order valence-electron chi connectivity index (χ2n) is 4.12. The van der Waals surface area contributed by atoms with Crippen molar-refractivity contribution in [2.24, 2.45) is 0 Å². The summed E-state index contributed by atoms with van der Waals surface area (Å²) >= 11 is 14.3. The maximum absolute atomic E-state index is 6.57. The first-order valence-electron chi connectivity index (χ1n) is 5.57. The molecule has 0 aliphatic rings. The summed E-state index contributed by atoms with van der Waals surface area (Å²) in [6.45, 7) is 4.18. The molecule has 0 spiro atoms. The topological polar surface area (TPSA) is 9.23 Å². The zero-order valence-electron chi connectivity index (χ0n) is 10.5. The first kappa shape index (κ1) is 13.7. The number of aryl methyl sites for hydroxylation is 2. The summed E-state index contributed by atoms with van der Waals surface area (Å²) < 4.78 is 5.35. The average molecular weight is 301 g/mol. The number of thiophene rings is 1. The van der Waals surface area contributed by atoms with Gasteiger partial charge in [0.05, 0.1) is 12.5 Å². The van der Waals surface area contributed by atoms with Crippen LogP contribution in [0.15, 0.2) is 24.3 Å². The maximum atomic E-state index is 6.57. The van der Waals surface area contributed by atoms with E-state index in [1.54, 1.807) is 24.5 Å². The lowest BCUT2D eigenvalue weighted by atomic mass is 10.0. The van der Waals surface area contributed by atoms with Crippen LogP contribution in [0.3, 0.4) is 0 Å². The molecule has 1 aromatic carbocycles. The molecule has 1 aromatic heterocycles. The Morgan fingerprint density at radius 3 is 2.44 bits per heavy atom. The van der Waals surface area contributed by atoms with Gasteiger partial charge in [-0.2, -0.15) is 0 Å². The second kappa shape index (κ2) is 5.52. The molecule has 0 radical (unpaired) electrons. The van der Waals surface area contributed by atoms with Crippen molar-refractivity contribution in [2.45, 2.75) is 19.2 Å². The molecule has 2 aromatic rings. The van der Waals surface area contributed by atoms with Crippen molar-refractivity contribution in [3.8, 4) is 5.75 Å². The normalized spacial score (nSPS) is 12.5. The Kier molecular flexibility index (Phi) is 4.21. The van der Waals surface area contributed by atoms with Gasteiger partial charge in [0, 0.05) is 20.3 Å². The number of halogens is 2. The van der Waals surface area contributed by atoms with Crippen molar-refractivity contribution >= 4 is 34.5 Å². The summed E-state index contributed by atoms with van der Waals surface area (Å²) in [5, 5.41) is 0.444. The Bertz CT molecular complexity index is 563. The van der Waals surface area contributed by atoms with E-state index in [1.807, 2.05) is 12.1 Å². The molecule has 0 saturated heterocycles. The van der Waals surface area contributed by atoms with Crippen molar-refractivity contribution in [1.82, 2.24) is 0 Å². The number of hydrogen-bond donors (Lipinski definition) is 0. The maximum Gasteiger partial charge on any atom is 0.125 e. The molecule has 0 saturated carbocycles. The molecule has 96 valence electrons. The Morgan fingerprint density at radius 2 is 1.89 bits per heavy atom. The Balaban J connectivity index is 2.45. The van der Waals surface area contributed by atoms with E-state index in [2.05, 4.69) is 19.9 Å². The molecule has 0 aliphatic carbocycles. The van der Waals surface area contributed by atoms with Crippen molar-refractivity contribution < 1.29 is 4.74 Å². The van der Waals surface area contributed by atoms with Crippen molar-refractivity contribution in [1.29, 1.82) is 0 Å². The third kappa shape index (κ3) is 2.66. The lowest BCUT2D eigenvalue weighted by Crippen LogP contribution is -1.97. The van der Waals surface area contributed by atoms with Crippen LogP contribution in [0.25, 0.3) is 0 Å². The van der Waals surface area contributed by atoms with Gasteiger partial charge in [0.1, 0.15) is 5.75 Å². The van der Waals surface area contributed by atoms with E-state index in [1.165, 1.54) is 9.75 Å². The van der Waals surface area contributed by atoms with Crippen LogP contribution in [0.5, 0.6) is 5.75 Å². The van der Waals surface area contributed by atoms with E-state index < -0.39 is 0 Å². The summed E-state index contributed by atoms with van der Waals surface area (Å²) in [5.41, 5.74) is 2.09. The summed E-state index contributed by atoms with van der Waals surface area (Å²) in [5.74, 6) is 0.728. The minimum Gasteiger partial charge on any atom is -0.496 e. The molecule has 1 heterocycles. The number of methoxy groups -OCH3 is 1. The summed E-state index contributed by atoms with van der Waals surface area (Å²) in [7, 11) is 1.63. The van der Waals surface area contributed by atoms with Gasteiger partial charge in [-0.05, 0) is 37.6 Å². The van der Waals surface area contributed by atoms with Gasteiger partial charge in [-0.3, -0.25) is 0 Å². The number of benzene rings is 1. The number of rotatable bonds is 3. The number of alkyl halides is 1. The second-order valence-corrected chi connectivity index (χ2v) is 6.45. The molecule has 4 heteroatoms. The highest BCUT2D eigenvalue weighted by atomic mass is 35.5. The van der Waals surface area contributed by atoms with Gasteiger partial charge in [0.25, 0.3) is 0 Å². The van der Waals surface area contributed by atoms with E-state index in [0.29, 0.717) is 5.02 Å². The molecule has 1 unspecified atom stereocenters. The minimum absolute atomic E-state index is 0.206. The lowest BCUT2D eigenvalue weighted by molar-refractivity contribution is 0.410. The Morgan fingerprint density at radius 1 is 1.17 bits per heavy atom. The zero-order chi connectivity index (χ0) is 13.3. The van der Waals surface area contributed by atoms with E-state index in [4.69, 9.17) is 27.9 Å². The van der Waals surface area contributed by atoms with Crippen LogP contribution < -0.4 is 4.74 Å². The first-order chi connectivity index (χ1) is 8.52. The average Bonchev–Trinajstić information content (AvgIpc) is 2.67. The third-order valence-corrected chi connectivity index (χ3v) is 4.51. The van der Waals surface area contributed by atoms with Crippen LogP contribution >= 0.6 is 34.5 Å². The smallest absolute Gasteiger partial charge is 0.125 e. The monoisotopic (exact) mass is 300 g/mol. The van der Waals surface area contributed by atoms with Gasteiger partial charge >= 0.3 is 0 Å². The first-order valence-corrected chi connectivity index (χ1v) is 7.20. The molecule has 2 rings (SSSR count). The SMILES string of the molecule is COc1cc(Cl)ccc1C(Cl)c1cc(C)sc1C. The van der Waals surface area contributed by atoms with Gasteiger partial charge in [-0.15, -0.1) is 22.9 Å². The fourth-order valence-electron chi connectivity index (χ4n) is 1.96. The van der Waals surface area contributed by atoms with Gasteiger partial charge in [0.2, 0.25) is 0 Å². The fraction of sp³-hybridized carbons (Fsp3) is 0.286. The van der Waals surface area contributed by atoms with E-state index in [-0.39, 0.29) is 5.38 Å². The van der Waals surface area contributed by atoms with E-state index >= 15 is 0 Å². The summed E-state index contributed by atoms with van der Waals surface area (Å²) in [6.07, 6.45) is 0. The minimum atomic E-state index is -0.206. The molecular weight excluding hydrogens is 287 g/mol. The molecule has 0 amide bonds. The lowest BCUT2D eigenvalue weighted by Gasteiger charge is -2.14. The largest absolute Gasteiger partial charge is 0.496 e. The standard InChI is InChI=1S/C14H14Cl2OS/c1-8-6-12(9(2)18-8)14(16)11-5-4-10(15)7-13(11)17-3/h4-7,14H,1-3H3. The number of hydrogen-bond acceptors (Lipinski definition) is 2. The van der Waals surface area contributed by atoms with Crippen LogP contribution in [0.4, 0.5) is 0 Å². The molecule has 18 heavy (non-hydrogen) atoms. The van der Waals surface area contributed by atoms with Crippen LogP contribution in [0.1, 0.15) is 26.3 Å². The molecule has 0 bridgehead atoms. The van der Waals surface area contributed by atoms with Gasteiger partial charge < -0.3 is 4.74 Å². The van der Waals surface area contributed by atoms with Crippen LogP contribution in [0.2, 0.25) is 5.02 Å². The molecule has 1 atom stereocenters. The molecule has 1 nitrogen and oxygen atoms in total. The predicted molar refractivity (Wildman–Crippen MR) is 79.5 cm³/mol. The highest BCUT2D eigenvalue weighted by Gasteiger charge is 2.19. The van der Waals surface area contributed by atoms with Crippen molar-refractivity contribution in [3.63, 3.8) is 0 Å². The van der Waals surface area contributed by atoms with E-state index in [9.17, 15) is 0 Å². The highest BCUT2D eigenvalue weighted by molar-refractivity contribution is 7.12. The highest BCUT2D eigenvalue weighted by Crippen LogP contribution is 2.39. The Hall–Kier alpha value is -0.700. The van der Waals surface area contributed by atoms with Gasteiger partial charge in [-0.1, -0.05) is 17.7 Å². The third-order valence-electron chi connectivity index (χ3n) is 2.82. The fourth-order valence-corrected chi connectivity index (χ4v) is 3.56. The molecular formula is C14H14Cl2OS. The van der Waals surface area contributed by atoms with Gasteiger partial charge in [-0.25, -0.2) is 0 Å². The van der Waals surface area contributed by atoms with Crippen LogP contribution in [0, 0.1) is 13.8 Å². The van der Waals surface area contributed by atoms with Crippen LogP contribution in [-0.2, 0) is 0 Å². The van der Waals surface area contributed by atoms with Gasteiger partial charge in [0.15, 0.2) is 0 Å². The summed E-state index contributed by atoms with van der Waals surface area (Å²) in [4.78, 5) is 2.51. The molecule has 0 N–H and O–H groups in total. The van der Waals surface area contributed by atoms with Crippen LogP contribution in [-0.4, -0.2) is 7.11 Å². The predicted octanol–water partition coefficient (Wildman–Crippen LogP) is 5.36. The zero-order valence-corrected chi connectivity index (χ0v) is 12.8. The Labute approximate surface area is 121 Å². The number of ether oxygens (including phenoxy) is 1. The van der Waals surface area contributed by atoms with E-state index in [0.717, 1.165) is 16.9 Å². The molecule has 0 fully saturated rings. The molecule has 0 aliphatic heterocycles. The summed E-state index contributed by atoms with van der Waals surface area (Å²) in [6, 6.07) is 7.68.